The lowest BCUT2D eigenvalue weighted by atomic mass is 10.2. The highest BCUT2D eigenvalue weighted by molar-refractivity contribution is 7.99. The molecule has 1 amide bonds. The first kappa shape index (κ1) is 13.6. The second kappa shape index (κ2) is 6.94. The van der Waals surface area contributed by atoms with Gasteiger partial charge in [0.05, 0.1) is 24.0 Å². The molecule has 5 heteroatoms. The minimum atomic E-state index is -0.281. The Morgan fingerprint density at radius 2 is 2.29 bits per heavy atom. The van der Waals surface area contributed by atoms with Crippen LogP contribution >= 0.6 is 11.8 Å². The van der Waals surface area contributed by atoms with E-state index in [1.165, 1.54) is 11.8 Å². The summed E-state index contributed by atoms with van der Waals surface area (Å²) in [5, 5.41) is 20.1. The smallest absolute Gasteiger partial charge is 0.252 e. The standard InChI is InChI=1S/C12H14N2O2S/c1-9(8-15)14-12(16)10-4-2-3-5-11(10)17-7-6-13/h2-5,9,15H,7-8H2,1H3,(H,14,16). The SMILES string of the molecule is CC(CO)NC(=O)c1ccccc1SCC#N. The number of carbonyl (C=O) groups excluding carboxylic acids is 1. The average molecular weight is 250 g/mol. The quantitative estimate of drug-likeness (QED) is 0.775. The summed E-state index contributed by atoms with van der Waals surface area (Å²) < 4.78 is 0. The first-order valence-corrected chi connectivity index (χ1v) is 6.18. The fourth-order valence-electron chi connectivity index (χ4n) is 1.24. The molecule has 4 nitrogen and oxygen atoms in total. The topological polar surface area (TPSA) is 73.1 Å². The van der Waals surface area contributed by atoms with Crippen molar-refractivity contribution in [1.82, 2.24) is 5.32 Å². The minimum Gasteiger partial charge on any atom is -0.394 e. The van der Waals surface area contributed by atoms with Crippen LogP contribution < -0.4 is 5.32 Å². The van der Waals surface area contributed by atoms with Gasteiger partial charge in [0.25, 0.3) is 5.91 Å². The van der Waals surface area contributed by atoms with Crippen LogP contribution in [0.4, 0.5) is 0 Å². The van der Waals surface area contributed by atoms with Gasteiger partial charge in [-0.25, -0.2) is 0 Å². The van der Waals surface area contributed by atoms with Crippen molar-refractivity contribution in [3.05, 3.63) is 29.8 Å². The van der Waals surface area contributed by atoms with Gasteiger partial charge in [0.15, 0.2) is 0 Å². The number of aliphatic hydroxyl groups excluding tert-OH is 1. The molecule has 90 valence electrons. The molecule has 1 aromatic carbocycles. The maximum Gasteiger partial charge on any atom is 0.252 e. The normalized spacial score (nSPS) is 11.6. The first-order chi connectivity index (χ1) is 8.19. The number of rotatable bonds is 5. The Kier molecular flexibility index (Phi) is 5.53. The van der Waals surface area contributed by atoms with Crippen LogP contribution in [0.25, 0.3) is 0 Å². The molecule has 0 heterocycles. The summed E-state index contributed by atoms with van der Waals surface area (Å²) >= 11 is 1.33. The zero-order chi connectivity index (χ0) is 12.7. The third-order valence-electron chi connectivity index (χ3n) is 2.08. The minimum absolute atomic E-state index is 0.0980. The van der Waals surface area contributed by atoms with Gasteiger partial charge in [0.1, 0.15) is 0 Å². The highest BCUT2D eigenvalue weighted by Gasteiger charge is 2.12. The van der Waals surface area contributed by atoms with E-state index in [2.05, 4.69) is 5.32 Å². The number of nitriles is 1. The number of carbonyl (C=O) groups is 1. The Labute approximate surface area is 105 Å². The molecular formula is C12H14N2O2S. The second-order valence-corrected chi connectivity index (χ2v) is 4.52. The summed E-state index contributed by atoms with van der Waals surface area (Å²) in [6.07, 6.45) is 0. The predicted molar refractivity (Wildman–Crippen MR) is 66.8 cm³/mol. The van der Waals surface area contributed by atoms with Gasteiger partial charge in [0, 0.05) is 10.9 Å². The molecule has 17 heavy (non-hydrogen) atoms. The summed E-state index contributed by atoms with van der Waals surface area (Å²) in [4.78, 5) is 12.7. The van der Waals surface area contributed by atoms with Gasteiger partial charge in [-0.15, -0.1) is 11.8 Å². The van der Waals surface area contributed by atoms with Crippen LogP contribution in [0, 0.1) is 11.3 Å². The zero-order valence-corrected chi connectivity index (χ0v) is 10.3. The van der Waals surface area contributed by atoms with Crippen molar-refractivity contribution in [3.8, 4) is 6.07 Å². The van der Waals surface area contributed by atoms with Crippen molar-refractivity contribution in [2.45, 2.75) is 17.9 Å². The molecule has 0 saturated heterocycles. The highest BCUT2D eigenvalue weighted by atomic mass is 32.2. The Morgan fingerprint density at radius 1 is 1.59 bits per heavy atom. The predicted octanol–water partition coefficient (Wildman–Crippen LogP) is 1.41. The molecule has 0 spiro atoms. The van der Waals surface area contributed by atoms with E-state index in [1.54, 1.807) is 25.1 Å². The van der Waals surface area contributed by atoms with Crippen LogP contribution in [0.3, 0.4) is 0 Å². The molecule has 0 radical (unpaired) electrons. The van der Waals surface area contributed by atoms with E-state index in [0.29, 0.717) is 11.3 Å². The number of nitrogens with zero attached hydrogens (tertiary/aromatic N) is 1. The Balaban J connectivity index is 2.82. The molecule has 0 fully saturated rings. The Morgan fingerprint density at radius 3 is 2.94 bits per heavy atom. The van der Waals surface area contributed by atoms with Crippen molar-refractivity contribution in [1.29, 1.82) is 5.26 Å². The Hall–Kier alpha value is -1.51. The molecular weight excluding hydrogens is 236 g/mol. The van der Waals surface area contributed by atoms with Crippen LogP contribution in [0.2, 0.25) is 0 Å². The number of hydrogen-bond donors (Lipinski definition) is 2. The van der Waals surface area contributed by atoms with Crippen LogP contribution in [0.1, 0.15) is 17.3 Å². The molecule has 1 unspecified atom stereocenters. The molecule has 0 aromatic heterocycles. The largest absolute Gasteiger partial charge is 0.394 e. The van der Waals surface area contributed by atoms with Crippen molar-refractivity contribution in [3.63, 3.8) is 0 Å². The van der Waals surface area contributed by atoms with Crippen LogP contribution in [-0.2, 0) is 0 Å². The summed E-state index contributed by atoms with van der Waals surface area (Å²) in [6.45, 7) is 1.63. The fourth-order valence-corrected chi connectivity index (χ4v) is 1.95. The third-order valence-corrected chi connectivity index (χ3v) is 3.02. The number of thioether (sulfide) groups is 1. The van der Waals surface area contributed by atoms with Crippen LogP contribution in [0.15, 0.2) is 29.2 Å². The van der Waals surface area contributed by atoms with E-state index in [1.807, 2.05) is 12.1 Å². The third kappa shape index (κ3) is 4.10. The Bertz CT molecular complexity index is 429. The summed E-state index contributed by atoms with van der Waals surface area (Å²) in [5.41, 5.74) is 0.535. The number of nitrogens with one attached hydrogen (secondary N) is 1. The lowest BCUT2D eigenvalue weighted by Crippen LogP contribution is -2.35. The van der Waals surface area contributed by atoms with Crippen molar-refractivity contribution < 1.29 is 9.90 Å². The fraction of sp³-hybridized carbons (Fsp3) is 0.333. The number of amides is 1. The van der Waals surface area contributed by atoms with Gasteiger partial charge in [-0.2, -0.15) is 5.26 Å². The van der Waals surface area contributed by atoms with Gasteiger partial charge in [0.2, 0.25) is 0 Å². The molecule has 1 rings (SSSR count). The molecule has 0 bridgehead atoms. The van der Waals surface area contributed by atoms with Crippen molar-refractivity contribution >= 4 is 17.7 Å². The first-order valence-electron chi connectivity index (χ1n) is 5.19. The van der Waals surface area contributed by atoms with Gasteiger partial charge in [-0.05, 0) is 19.1 Å². The van der Waals surface area contributed by atoms with E-state index in [-0.39, 0.29) is 18.6 Å². The van der Waals surface area contributed by atoms with E-state index >= 15 is 0 Å². The monoisotopic (exact) mass is 250 g/mol. The molecule has 1 aromatic rings. The van der Waals surface area contributed by atoms with Gasteiger partial charge in [-0.1, -0.05) is 12.1 Å². The maximum atomic E-state index is 11.9. The van der Waals surface area contributed by atoms with Crippen LogP contribution in [0.5, 0.6) is 0 Å². The average Bonchev–Trinajstić information content (AvgIpc) is 2.36. The maximum absolute atomic E-state index is 11.9. The van der Waals surface area contributed by atoms with Gasteiger partial charge < -0.3 is 10.4 Å². The van der Waals surface area contributed by atoms with Crippen molar-refractivity contribution in [2.75, 3.05) is 12.4 Å². The van der Waals surface area contributed by atoms with Gasteiger partial charge in [-0.3, -0.25) is 4.79 Å². The molecule has 2 N–H and O–H groups in total. The van der Waals surface area contributed by atoms with E-state index in [9.17, 15) is 4.79 Å². The van der Waals surface area contributed by atoms with Crippen LogP contribution in [-0.4, -0.2) is 29.4 Å². The molecule has 1 atom stereocenters. The second-order valence-electron chi connectivity index (χ2n) is 3.50. The van der Waals surface area contributed by atoms with E-state index in [4.69, 9.17) is 10.4 Å². The zero-order valence-electron chi connectivity index (χ0n) is 9.51. The lowest BCUT2D eigenvalue weighted by Gasteiger charge is -2.12. The van der Waals surface area contributed by atoms with Gasteiger partial charge >= 0.3 is 0 Å². The number of benzene rings is 1. The molecule has 0 aliphatic heterocycles. The lowest BCUT2D eigenvalue weighted by molar-refractivity contribution is 0.0919. The number of hydrogen-bond acceptors (Lipinski definition) is 4. The van der Waals surface area contributed by atoms with E-state index < -0.39 is 0 Å². The molecule has 0 aliphatic rings. The van der Waals surface area contributed by atoms with Crippen molar-refractivity contribution in [2.24, 2.45) is 0 Å². The summed E-state index contributed by atoms with van der Waals surface area (Å²) in [6, 6.07) is 8.86. The highest BCUT2D eigenvalue weighted by Crippen LogP contribution is 2.22. The van der Waals surface area contributed by atoms with E-state index in [0.717, 1.165) is 4.90 Å². The molecule has 0 saturated carbocycles. The molecule has 0 aliphatic carbocycles. The summed E-state index contributed by atoms with van der Waals surface area (Å²) in [7, 11) is 0. The number of aliphatic hydroxyl groups is 1. The summed E-state index contributed by atoms with van der Waals surface area (Å²) in [5.74, 6) is 0.0763.